The van der Waals surface area contributed by atoms with Gasteiger partial charge in [0.05, 0.1) is 24.7 Å². The molecular formula is C24H29N3O3S. The molecule has 1 aromatic heterocycles. The van der Waals surface area contributed by atoms with Gasteiger partial charge in [0, 0.05) is 18.0 Å². The number of amides is 2. The highest BCUT2D eigenvalue weighted by Crippen LogP contribution is 2.42. The lowest BCUT2D eigenvalue weighted by molar-refractivity contribution is -0.120. The standard InChI is InChI=1S/C24H29N3O3S/c25-27(22(28)18-10-5-7-16-6-1-2-8-17(16)18)24-21(19-9-3-4-11-20(19)31-24)23(29)26-12-14-30-15-13-26/h1-2,6,8,18H,3-5,7,9-15,25H2. The molecule has 1 fully saturated rings. The number of carbonyl (C=O) groups is 2. The highest BCUT2D eigenvalue weighted by molar-refractivity contribution is 7.17. The Balaban J connectivity index is 1.50. The minimum Gasteiger partial charge on any atom is -0.378 e. The summed E-state index contributed by atoms with van der Waals surface area (Å²) in [6.07, 6.45) is 6.79. The molecule has 1 aromatic carbocycles. The van der Waals surface area contributed by atoms with Gasteiger partial charge in [0.25, 0.3) is 5.91 Å². The van der Waals surface area contributed by atoms with E-state index >= 15 is 0 Å². The molecule has 2 N–H and O–H groups in total. The van der Waals surface area contributed by atoms with Crippen LogP contribution in [0.5, 0.6) is 0 Å². The van der Waals surface area contributed by atoms with Gasteiger partial charge in [-0.2, -0.15) is 0 Å². The highest BCUT2D eigenvalue weighted by Gasteiger charge is 2.35. The fraction of sp³-hybridized carbons (Fsp3) is 0.500. The summed E-state index contributed by atoms with van der Waals surface area (Å²) in [6.45, 7) is 2.27. The molecule has 7 heteroatoms. The zero-order valence-electron chi connectivity index (χ0n) is 17.8. The average Bonchev–Trinajstić information content (AvgIpc) is 3.22. The van der Waals surface area contributed by atoms with Crippen molar-refractivity contribution in [2.24, 2.45) is 5.84 Å². The second-order valence-corrected chi connectivity index (χ2v) is 9.73. The number of morpholine rings is 1. The third-order valence-electron chi connectivity index (χ3n) is 6.79. The molecular weight excluding hydrogens is 410 g/mol. The van der Waals surface area contributed by atoms with E-state index in [4.69, 9.17) is 10.6 Å². The number of fused-ring (bicyclic) bond motifs is 2. The van der Waals surface area contributed by atoms with Crippen LogP contribution in [0.4, 0.5) is 5.00 Å². The van der Waals surface area contributed by atoms with Gasteiger partial charge in [0.1, 0.15) is 5.00 Å². The predicted octanol–water partition coefficient (Wildman–Crippen LogP) is 3.43. The topological polar surface area (TPSA) is 75.9 Å². The van der Waals surface area contributed by atoms with Crippen LogP contribution in [0.1, 0.15) is 63.5 Å². The fourth-order valence-electron chi connectivity index (χ4n) is 5.14. The van der Waals surface area contributed by atoms with E-state index in [0.717, 1.165) is 56.1 Å². The molecule has 5 rings (SSSR count). The third kappa shape index (κ3) is 3.79. The Morgan fingerprint density at radius 3 is 2.68 bits per heavy atom. The molecule has 164 valence electrons. The summed E-state index contributed by atoms with van der Waals surface area (Å²) in [5, 5.41) is 1.92. The first-order valence-electron chi connectivity index (χ1n) is 11.3. The van der Waals surface area contributed by atoms with Crippen LogP contribution < -0.4 is 10.9 Å². The van der Waals surface area contributed by atoms with Gasteiger partial charge < -0.3 is 9.64 Å². The van der Waals surface area contributed by atoms with Gasteiger partial charge in [0.15, 0.2) is 0 Å². The highest BCUT2D eigenvalue weighted by atomic mass is 32.1. The lowest BCUT2D eigenvalue weighted by atomic mass is 9.82. The monoisotopic (exact) mass is 439 g/mol. The minimum atomic E-state index is -0.250. The van der Waals surface area contributed by atoms with Crippen LogP contribution in [0, 0.1) is 0 Å². The van der Waals surface area contributed by atoms with Gasteiger partial charge in [-0.25, -0.2) is 10.9 Å². The Labute approximate surface area is 186 Å². The summed E-state index contributed by atoms with van der Waals surface area (Å²) in [4.78, 5) is 30.2. The number of ether oxygens (including phenoxy) is 1. The Morgan fingerprint density at radius 2 is 1.84 bits per heavy atom. The normalized spacial score (nSPS) is 20.7. The zero-order valence-corrected chi connectivity index (χ0v) is 18.6. The number of hydrogen-bond acceptors (Lipinski definition) is 5. The van der Waals surface area contributed by atoms with Gasteiger partial charge in [-0.15, -0.1) is 11.3 Å². The number of thiophene rings is 1. The summed E-state index contributed by atoms with van der Waals surface area (Å²) in [6, 6.07) is 8.16. The Kier molecular flexibility index (Phi) is 5.82. The largest absolute Gasteiger partial charge is 0.378 e. The smallest absolute Gasteiger partial charge is 0.257 e. The summed E-state index contributed by atoms with van der Waals surface area (Å²) in [5.74, 6) is 6.14. The maximum absolute atomic E-state index is 13.6. The molecule has 0 radical (unpaired) electrons. The predicted molar refractivity (Wildman–Crippen MR) is 121 cm³/mol. The SMILES string of the molecule is NN(C(=O)C1CCCc2ccccc21)c1sc2c(c1C(=O)N1CCOCC1)CCCC2. The van der Waals surface area contributed by atoms with Crippen molar-refractivity contribution in [2.45, 2.75) is 50.9 Å². The van der Waals surface area contributed by atoms with Crippen LogP contribution in [0.25, 0.3) is 0 Å². The quantitative estimate of drug-likeness (QED) is 0.452. The summed E-state index contributed by atoms with van der Waals surface area (Å²) >= 11 is 1.54. The van der Waals surface area contributed by atoms with Crippen molar-refractivity contribution < 1.29 is 14.3 Å². The van der Waals surface area contributed by atoms with Crippen LogP contribution >= 0.6 is 11.3 Å². The number of hydrazine groups is 1. The van der Waals surface area contributed by atoms with E-state index in [2.05, 4.69) is 6.07 Å². The van der Waals surface area contributed by atoms with E-state index in [-0.39, 0.29) is 17.7 Å². The molecule has 0 bridgehead atoms. The molecule has 1 aliphatic heterocycles. The maximum Gasteiger partial charge on any atom is 0.257 e. The molecule has 0 spiro atoms. The fourth-order valence-corrected chi connectivity index (χ4v) is 6.45. The first-order chi connectivity index (χ1) is 15.1. The summed E-state index contributed by atoms with van der Waals surface area (Å²) in [7, 11) is 0. The van der Waals surface area contributed by atoms with Crippen molar-refractivity contribution in [1.29, 1.82) is 0 Å². The van der Waals surface area contributed by atoms with Crippen molar-refractivity contribution in [3.8, 4) is 0 Å². The van der Waals surface area contributed by atoms with Crippen molar-refractivity contribution in [3.05, 3.63) is 51.4 Å². The molecule has 2 aromatic rings. The first-order valence-corrected chi connectivity index (χ1v) is 12.1. The number of benzene rings is 1. The second kappa shape index (κ2) is 8.73. The van der Waals surface area contributed by atoms with Crippen molar-refractivity contribution >= 4 is 28.2 Å². The second-order valence-electron chi connectivity index (χ2n) is 8.65. The average molecular weight is 440 g/mol. The summed E-state index contributed by atoms with van der Waals surface area (Å²) < 4.78 is 5.43. The lowest BCUT2D eigenvalue weighted by Gasteiger charge is -2.30. The van der Waals surface area contributed by atoms with Crippen LogP contribution in [-0.4, -0.2) is 43.0 Å². The van der Waals surface area contributed by atoms with E-state index < -0.39 is 0 Å². The molecule has 31 heavy (non-hydrogen) atoms. The third-order valence-corrected chi connectivity index (χ3v) is 8.08. The molecule has 2 heterocycles. The van der Waals surface area contributed by atoms with Gasteiger partial charge in [-0.05, 0) is 61.6 Å². The van der Waals surface area contributed by atoms with E-state index in [1.807, 2.05) is 23.1 Å². The van der Waals surface area contributed by atoms with Crippen molar-refractivity contribution in [2.75, 3.05) is 31.3 Å². The van der Waals surface area contributed by atoms with Crippen molar-refractivity contribution in [1.82, 2.24) is 4.90 Å². The van der Waals surface area contributed by atoms with E-state index in [1.54, 1.807) is 0 Å². The van der Waals surface area contributed by atoms with Crippen molar-refractivity contribution in [3.63, 3.8) is 0 Å². The Hall–Kier alpha value is -2.22. The Bertz CT molecular complexity index is 996. The molecule has 1 unspecified atom stereocenters. The first kappa shape index (κ1) is 20.7. The number of rotatable bonds is 3. The number of nitrogens with two attached hydrogens (primary N) is 1. The maximum atomic E-state index is 13.6. The van der Waals surface area contributed by atoms with E-state index in [0.29, 0.717) is 36.9 Å². The van der Waals surface area contributed by atoms with Crippen LogP contribution in [-0.2, 0) is 28.8 Å². The van der Waals surface area contributed by atoms with E-state index in [9.17, 15) is 9.59 Å². The number of hydrogen-bond donors (Lipinski definition) is 1. The van der Waals surface area contributed by atoms with Gasteiger partial charge in [-0.1, -0.05) is 24.3 Å². The van der Waals surface area contributed by atoms with Gasteiger partial charge >= 0.3 is 0 Å². The summed E-state index contributed by atoms with van der Waals surface area (Å²) in [5.41, 5.74) is 4.07. The van der Waals surface area contributed by atoms with Crippen LogP contribution in [0.3, 0.4) is 0 Å². The van der Waals surface area contributed by atoms with Crippen LogP contribution in [0.15, 0.2) is 24.3 Å². The number of nitrogens with zero attached hydrogens (tertiary/aromatic N) is 2. The molecule has 1 atom stereocenters. The number of carbonyl (C=O) groups excluding carboxylic acids is 2. The van der Waals surface area contributed by atoms with Crippen LogP contribution in [0.2, 0.25) is 0 Å². The molecule has 3 aliphatic rings. The molecule has 1 saturated heterocycles. The molecule has 2 amide bonds. The number of aryl methyl sites for hydroxylation is 2. The molecule has 6 nitrogen and oxygen atoms in total. The number of anilines is 1. The lowest BCUT2D eigenvalue weighted by Crippen LogP contribution is -2.44. The minimum absolute atomic E-state index is 0.00926. The van der Waals surface area contributed by atoms with E-state index in [1.165, 1.54) is 26.8 Å². The molecule has 0 saturated carbocycles. The molecule has 2 aliphatic carbocycles. The van der Waals surface area contributed by atoms with Gasteiger partial charge in [0.2, 0.25) is 5.91 Å². The zero-order chi connectivity index (χ0) is 21.4. The Morgan fingerprint density at radius 1 is 1.06 bits per heavy atom. The van der Waals surface area contributed by atoms with Gasteiger partial charge in [-0.3, -0.25) is 9.59 Å².